The van der Waals surface area contributed by atoms with E-state index in [2.05, 4.69) is 4.74 Å². The maximum Gasteiger partial charge on any atom is 0.307 e. The first-order valence-electron chi connectivity index (χ1n) is 7.85. The van der Waals surface area contributed by atoms with E-state index in [1.165, 1.54) is 13.2 Å². The quantitative estimate of drug-likeness (QED) is 0.457. The molecule has 0 aromatic carbocycles. The highest BCUT2D eigenvalue weighted by atomic mass is 16.5. The van der Waals surface area contributed by atoms with Crippen LogP contribution >= 0.6 is 0 Å². The predicted octanol–water partition coefficient (Wildman–Crippen LogP) is 1.75. The van der Waals surface area contributed by atoms with Crippen LogP contribution in [0.25, 0.3) is 0 Å². The smallest absolute Gasteiger partial charge is 0.307 e. The normalized spacial score (nSPS) is 25.2. The average Bonchev–Trinajstić information content (AvgIpc) is 2.67. The summed E-state index contributed by atoms with van der Waals surface area (Å²) >= 11 is 0. The summed E-state index contributed by atoms with van der Waals surface area (Å²) in [7, 11) is 1.34. The third-order valence-electron chi connectivity index (χ3n) is 3.94. The lowest BCUT2D eigenvalue weighted by Crippen LogP contribution is -2.46. The Morgan fingerprint density at radius 3 is 2.61 bits per heavy atom. The number of methoxy groups -OCH3 is 1. The van der Waals surface area contributed by atoms with Gasteiger partial charge in [0, 0.05) is 12.1 Å². The summed E-state index contributed by atoms with van der Waals surface area (Å²) in [6.07, 6.45) is 7.30. The molecule has 6 nitrogen and oxygen atoms in total. The van der Waals surface area contributed by atoms with Gasteiger partial charge in [-0.05, 0) is 34.1 Å². The van der Waals surface area contributed by atoms with Crippen LogP contribution in [0, 0.1) is 0 Å². The highest BCUT2D eigenvalue weighted by Crippen LogP contribution is 2.34. The van der Waals surface area contributed by atoms with Crippen LogP contribution in [0.1, 0.15) is 40.5 Å². The van der Waals surface area contributed by atoms with Crippen molar-refractivity contribution < 1.29 is 19.1 Å². The maximum atomic E-state index is 12.4. The minimum atomic E-state index is -0.716. The summed E-state index contributed by atoms with van der Waals surface area (Å²) in [4.78, 5) is 25.4. The minimum absolute atomic E-state index is 0.107. The van der Waals surface area contributed by atoms with Crippen LogP contribution in [0.3, 0.4) is 0 Å². The summed E-state index contributed by atoms with van der Waals surface area (Å²) in [6.45, 7) is 7.54. The summed E-state index contributed by atoms with van der Waals surface area (Å²) in [6, 6.07) is -0.490. The number of carbonyl (C=O) groups excluding carboxylic acids is 2. The van der Waals surface area contributed by atoms with Crippen LogP contribution in [-0.4, -0.2) is 47.8 Å². The van der Waals surface area contributed by atoms with Crippen LogP contribution in [0.4, 0.5) is 0 Å². The fourth-order valence-electron chi connectivity index (χ4n) is 2.90. The van der Waals surface area contributed by atoms with E-state index >= 15 is 0 Å². The molecule has 3 atom stereocenters. The molecule has 1 rings (SSSR count). The summed E-state index contributed by atoms with van der Waals surface area (Å²) < 4.78 is 10.6. The molecule has 0 bridgehead atoms. The van der Waals surface area contributed by atoms with Crippen molar-refractivity contribution in [1.82, 2.24) is 4.90 Å². The molecule has 0 aromatic heterocycles. The summed E-state index contributed by atoms with van der Waals surface area (Å²) in [5, 5.41) is 0. The van der Waals surface area contributed by atoms with E-state index in [1.54, 1.807) is 17.1 Å². The second-order valence-corrected chi connectivity index (χ2v) is 6.21. The van der Waals surface area contributed by atoms with Gasteiger partial charge in [0.2, 0.25) is 5.91 Å². The van der Waals surface area contributed by atoms with Crippen LogP contribution in [0.5, 0.6) is 0 Å². The van der Waals surface area contributed by atoms with Crippen LogP contribution in [-0.2, 0) is 19.1 Å². The zero-order valence-electron chi connectivity index (χ0n) is 14.6. The van der Waals surface area contributed by atoms with Crippen LogP contribution in [0.15, 0.2) is 24.3 Å². The first-order valence-corrected chi connectivity index (χ1v) is 7.85. The second kappa shape index (κ2) is 8.26. The Labute approximate surface area is 138 Å². The second-order valence-electron chi connectivity index (χ2n) is 6.21. The Balaban J connectivity index is 2.77. The monoisotopic (exact) mass is 324 g/mol. The number of ether oxygens (including phenoxy) is 2. The molecule has 23 heavy (non-hydrogen) atoms. The third-order valence-corrected chi connectivity index (χ3v) is 3.94. The van der Waals surface area contributed by atoms with Gasteiger partial charge < -0.3 is 20.1 Å². The summed E-state index contributed by atoms with van der Waals surface area (Å²) in [5.74, 6) is -0.450. The molecule has 130 valence electrons. The Bertz CT molecular complexity index is 485. The van der Waals surface area contributed by atoms with Crippen molar-refractivity contribution in [2.24, 2.45) is 5.73 Å². The van der Waals surface area contributed by atoms with Crippen molar-refractivity contribution in [2.45, 2.75) is 64.4 Å². The van der Waals surface area contributed by atoms with E-state index < -0.39 is 5.72 Å². The zero-order valence-corrected chi connectivity index (χ0v) is 14.6. The van der Waals surface area contributed by atoms with E-state index in [9.17, 15) is 9.59 Å². The molecule has 6 heteroatoms. The standard InChI is InChI=1S/C17H28N2O4/c1-6-7-8-9-15(20)19-12(2)14(23-17(19,3)4)10-13(18)11-16(21)22-5/h6-9,12-14H,10-11,18H2,1-5H3/b7-6-,9-8+/t12-,13-,14-/m1/s1. The van der Waals surface area contributed by atoms with Gasteiger partial charge in [0.25, 0.3) is 0 Å². The molecule has 0 spiro atoms. The fraction of sp³-hybridized carbons (Fsp3) is 0.647. The van der Waals surface area contributed by atoms with E-state index in [0.29, 0.717) is 6.42 Å². The first-order chi connectivity index (χ1) is 10.7. The SMILES string of the molecule is C/C=C\C=C\C(=O)N1[C@H](C)[C@@H](C[C@@H](N)CC(=O)OC)OC1(C)C. The van der Waals surface area contributed by atoms with Gasteiger partial charge in [-0.15, -0.1) is 0 Å². The molecule has 1 saturated heterocycles. The zero-order chi connectivity index (χ0) is 17.6. The highest BCUT2D eigenvalue weighted by Gasteiger charge is 2.47. The molecular formula is C17H28N2O4. The number of rotatable bonds is 6. The molecule has 0 radical (unpaired) electrons. The van der Waals surface area contributed by atoms with E-state index in [0.717, 1.165) is 0 Å². The topological polar surface area (TPSA) is 81.9 Å². The molecule has 0 saturated carbocycles. The van der Waals surface area contributed by atoms with Crippen molar-refractivity contribution in [3.63, 3.8) is 0 Å². The number of esters is 1. The molecule has 1 aliphatic rings. The molecule has 0 aromatic rings. The molecule has 1 fully saturated rings. The maximum absolute atomic E-state index is 12.4. The van der Waals surface area contributed by atoms with Crippen molar-refractivity contribution in [3.05, 3.63) is 24.3 Å². The number of amides is 1. The Hall–Kier alpha value is -1.66. The molecular weight excluding hydrogens is 296 g/mol. The number of nitrogens with zero attached hydrogens (tertiary/aromatic N) is 1. The van der Waals surface area contributed by atoms with Gasteiger partial charge in [-0.25, -0.2) is 0 Å². The van der Waals surface area contributed by atoms with Gasteiger partial charge in [-0.2, -0.15) is 0 Å². The molecule has 1 heterocycles. The van der Waals surface area contributed by atoms with Crippen molar-refractivity contribution in [1.29, 1.82) is 0 Å². The van der Waals surface area contributed by atoms with E-state index in [1.807, 2.05) is 33.8 Å². The van der Waals surface area contributed by atoms with E-state index in [-0.39, 0.29) is 36.5 Å². The largest absolute Gasteiger partial charge is 0.469 e. The Morgan fingerprint density at radius 2 is 2.04 bits per heavy atom. The lowest BCUT2D eigenvalue weighted by atomic mass is 10.0. The van der Waals surface area contributed by atoms with Gasteiger partial charge >= 0.3 is 5.97 Å². The van der Waals surface area contributed by atoms with Crippen molar-refractivity contribution >= 4 is 11.9 Å². The van der Waals surface area contributed by atoms with E-state index in [4.69, 9.17) is 10.5 Å². The van der Waals surface area contributed by atoms with Crippen LogP contribution < -0.4 is 5.73 Å². The summed E-state index contributed by atoms with van der Waals surface area (Å²) in [5.41, 5.74) is 5.28. The third kappa shape index (κ3) is 5.18. The van der Waals surface area contributed by atoms with Gasteiger partial charge in [0.05, 0.1) is 25.7 Å². The van der Waals surface area contributed by atoms with Gasteiger partial charge in [0.1, 0.15) is 5.72 Å². The Morgan fingerprint density at radius 1 is 1.39 bits per heavy atom. The molecule has 1 amide bonds. The molecule has 0 aliphatic carbocycles. The number of nitrogens with two attached hydrogens (primary N) is 1. The molecule has 2 N–H and O–H groups in total. The molecule has 1 aliphatic heterocycles. The fourth-order valence-corrected chi connectivity index (χ4v) is 2.90. The molecule has 0 unspecified atom stereocenters. The van der Waals surface area contributed by atoms with Crippen molar-refractivity contribution in [3.8, 4) is 0 Å². The number of carbonyl (C=O) groups is 2. The Kier molecular flexibility index (Phi) is 6.97. The van der Waals surface area contributed by atoms with Gasteiger partial charge in [-0.3, -0.25) is 9.59 Å². The number of hydrogen-bond donors (Lipinski definition) is 1. The van der Waals surface area contributed by atoms with Crippen molar-refractivity contribution in [2.75, 3.05) is 7.11 Å². The number of allylic oxidation sites excluding steroid dienone is 3. The number of hydrogen-bond acceptors (Lipinski definition) is 5. The highest BCUT2D eigenvalue weighted by molar-refractivity contribution is 5.88. The predicted molar refractivity (Wildman–Crippen MR) is 88.4 cm³/mol. The lowest BCUT2D eigenvalue weighted by molar-refractivity contribution is -0.141. The van der Waals surface area contributed by atoms with Crippen LogP contribution in [0.2, 0.25) is 0 Å². The first kappa shape index (κ1) is 19.4. The van der Waals surface area contributed by atoms with Gasteiger partial charge in [0.15, 0.2) is 0 Å². The average molecular weight is 324 g/mol. The lowest BCUT2D eigenvalue weighted by Gasteiger charge is -2.31. The minimum Gasteiger partial charge on any atom is -0.469 e. The van der Waals surface area contributed by atoms with Gasteiger partial charge in [-0.1, -0.05) is 18.2 Å².